The van der Waals surface area contributed by atoms with Crippen molar-refractivity contribution in [1.82, 2.24) is 15.0 Å². The van der Waals surface area contributed by atoms with Crippen LogP contribution in [0.15, 0.2) is 10.6 Å². The SMILES string of the molecule is CC(=O)N1CCN(Cc2cc(C(=O)O)no2)CC1. The summed E-state index contributed by atoms with van der Waals surface area (Å²) in [5, 5.41) is 12.2. The molecule has 1 saturated heterocycles. The Kier molecular flexibility index (Phi) is 3.61. The number of carboxylic acids is 1. The second-order valence-electron chi connectivity index (χ2n) is 4.27. The lowest BCUT2D eigenvalue weighted by atomic mass is 10.3. The van der Waals surface area contributed by atoms with Crippen LogP contribution in [0.5, 0.6) is 0 Å². The van der Waals surface area contributed by atoms with Crippen LogP contribution in [0.25, 0.3) is 0 Å². The normalized spacial score (nSPS) is 16.8. The molecule has 18 heavy (non-hydrogen) atoms. The fourth-order valence-electron chi connectivity index (χ4n) is 1.93. The van der Waals surface area contributed by atoms with Gasteiger partial charge in [0.2, 0.25) is 5.91 Å². The average molecular weight is 253 g/mol. The van der Waals surface area contributed by atoms with Crippen LogP contribution in [0.1, 0.15) is 23.2 Å². The Labute approximate surface area is 104 Å². The van der Waals surface area contributed by atoms with E-state index in [9.17, 15) is 9.59 Å². The second-order valence-corrected chi connectivity index (χ2v) is 4.27. The summed E-state index contributed by atoms with van der Waals surface area (Å²) in [6.45, 7) is 4.97. The smallest absolute Gasteiger partial charge is 0.358 e. The summed E-state index contributed by atoms with van der Waals surface area (Å²) < 4.78 is 4.95. The molecule has 0 bridgehead atoms. The predicted octanol–water partition coefficient (Wildman–Crippen LogP) is 0.0369. The van der Waals surface area contributed by atoms with E-state index in [-0.39, 0.29) is 11.6 Å². The van der Waals surface area contributed by atoms with Crippen molar-refractivity contribution in [3.8, 4) is 0 Å². The van der Waals surface area contributed by atoms with Gasteiger partial charge < -0.3 is 14.5 Å². The minimum Gasteiger partial charge on any atom is -0.476 e. The van der Waals surface area contributed by atoms with E-state index in [0.717, 1.165) is 13.1 Å². The number of rotatable bonds is 3. The lowest BCUT2D eigenvalue weighted by Gasteiger charge is -2.33. The fraction of sp³-hybridized carbons (Fsp3) is 0.545. The van der Waals surface area contributed by atoms with Gasteiger partial charge in [0.25, 0.3) is 0 Å². The van der Waals surface area contributed by atoms with Crippen LogP contribution in [0, 0.1) is 0 Å². The van der Waals surface area contributed by atoms with Crippen molar-refractivity contribution in [2.45, 2.75) is 13.5 Å². The molecule has 2 rings (SSSR count). The standard InChI is InChI=1S/C11H15N3O4/c1-8(15)14-4-2-13(3-5-14)7-9-6-10(11(16)17)12-18-9/h6H,2-5,7H2,1H3,(H,16,17). The van der Waals surface area contributed by atoms with Crippen LogP contribution >= 0.6 is 0 Å². The molecule has 0 aliphatic carbocycles. The lowest BCUT2D eigenvalue weighted by Crippen LogP contribution is -2.47. The van der Waals surface area contributed by atoms with Crippen molar-refractivity contribution in [3.05, 3.63) is 17.5 Å². The summed E-state index contributed by atoms with van der Waals surface area (Å²) in [6.07, 6.45) is 0. The molecule has 1 aromatic rings. The maximum atomic E-state index is 11.2. The van der Waals surface area contributed by atoms with Gasteiger partial charge in [0.1, 0.15) is 0 Å². The van der Waals surface area contributed by atoms with Gasteiger partial charge >= 0.3 is 5.97 Å². The molecule has 7 heteroatoms. The van der Waals surface area contributed by atoms with Crippen LogP contribution in [0.4, 0.5) is 0 Å². The molecule has 0 atom stereocenters. The first kappa shape index (κ1) is 12.6. The quantitative estimate of drug-likeness (QED) is 0.818. The lowest BCUT2D eigenvalue weighted by molar-refractivity contribution is -0.130. The minimum atomic E-state index is -1.09. The molecular weight excluding hydrogens is 238 g/mol. The van der Waals surface area contributed by atoms with E-state index in [1.807, 2.05) is 0 Å². The van der Waals surface area contributed by atoms with Crippen LogP contribution in [-0.4, -0.2) is 58.1 Å². The Morgan fingerprint density at radius 3 is 2.56 bits per heavy atom. The Morgan fingerprint density at radius 1 is 1.39 bits per heavy atom. The minimum absolute atomic E-state index is 0.0765. The van der Waals surface area contributed by atoms with E-state index in [1.165, 1.54) is 6.07 Å². The first-order valence-corrected chi connectivity index (χ1v) is 5.73. The molecule has 0 saturated carbocycles. The maximum absolute atomic E-state index is 11.2. The van der Waals surface area contributed by atoms with Crippen LogP contribution in [0.3, 0.4) is 0 Å². The largest absolute Gasteiger partial charge is 0.476 e. The molecular formula is C11H15N3O4. The highest BCUT2D eigenvalue weighted by atomic mass is 16.5. The number of aromatic nitrogens is 1. The van der Waals surface area contributed by atoms with Crippen molar-refractivity contribution in [2.24, 2.45) is 0 Å². The predicted molar refractivity (Wildman–Crippen MR) is 61.0 cm³/mol. The highest BCUT2D eigenvalue weighted by Crippen LogP contribution is 2.10. The molecule has 0 unspecified atom stereocenters. The molecule has 1 aliphatic heterocycles. The third-order valence-electron chi connectivity index (χ3n) is 2.98. The topological polar surface area (TPSA) is 86.9 Å². The summed E-state index contributed by atoms with van der Waals surface area (Å²) in [5.74, 6) is -0.474. The van der Waals surface area contributed by atoms with Crippen molar-refractivity contribution < 1.29 is 19.2 Å². The number of piperazine rings is 1. The van der Waals surface area contributed by atoms with Gasteiger partial charge in [0.15, 0.2) is 11.5 Å². The van der Waals surface area contributed by atoms with Gasteiger partial charge in [-0.1, -0.05) is 5.16 Å². The molecule has 98 valence electrons. The number of amides is 1. The molecule has 7 nitrogen and oxygen atoms in total. The zero-order valence-corrected chi connectivity index (χ0v) is 10.1. The molecule has 1 amide bonds. The summed E-state index contributed by atoms with van der Waals surface area (Å²) in [5.41, 5.74) is -0.0765. The number of hydrogen-bond donors (Lipinski definition) is 1. The van der Waals surface area contributed by atoms with Gasteiger partial charge in [-0.05, 0) is 0 Å². The average Bonchev–Trinajstić information content (AvgIpc) is 2.78. The summed E-state index contributed by atoms with van der Waals surface area (Å²) >= 11 is 0. The van der Waals surface area contributed by atoms with Gasteiger partial charge in [0, 0.05) is 39.2 Å². The third-order valence-corrected chi connectivity index (χ3v) is 2.98. The molecule has 0 radical (unpaired) electrons. The van der Waals surface area contributed by atoms with Gasteiger partial charge in [-0.25, -0.2) is 4.79 Å². The van der Waals surface area contributed by atoms with Gasteiger partial charge in [-0.3, -0.25) is 9.69 Å². The van der Waals surface area contributed by atoms with Crippen molar-refractivity contribution in [3.63, 3.8) is 0 Å². The number of nitrogens with zero attached hydrogens (tertiary/aromatic N) is 3. The summed E-state index contributed by atoms with van der Waals surface area (Å²) in [6, 6.07) is 1.43. The van der Waals surface area contributed by atoms with E-state index in [2.05, 4.69) is 10.1 Å². The van der Waals surface area contributed by atoms with Crippen LogP contribution in [-0.2, 0) is 11.3 Å². The zero-order valence-electron chi connectivity index (χ0n) is 10.1. The molecule has 0 aromatic carbocycles. The summed E-state index contributed by atoms with van der Waals surface area (Å²) in [4.78, 5) is 25.7. The molecule has 1 aliphatic rings. The highest BCUT2D eigenvalue weighted by molar-refractivity contribution is 5.85. The maximum Gasteiger partial charge on any atom is 0.358 e. The molecule has 1 N–H and O–H groups in total. The number of carbonyl (C=O) groups excluding carboxylic acids is 1. The first-order chi connectivity index (χ1) is 8.56. The monoisotopic (exact) mass is 253 g/mol. The summed E-state index contributed by atoms with van der Waals surface area (Å²) in [7, 11) is 0. The zero-order chi connectivity index (χ0) is 13.1. The Balaban J connectivity index is 1.87. The highest BCUT2D eigenvalue weighted by Gasteiger charge is 2.20. The fourth-order valence-corrected chi connectivity index (χ4v) is 1.93. The van der Waals surface area contributed by atoms with E-state index >= 15 is 0 Å². The van der Waals surface area contributed by atoms with Crippen molar-refractivity contribution in [2.75, 3.05) is 26.2 Å². The molecule has 2 heterocycles. The number of hydrogen-bond acceptors (Lipinski definition) is 5. The Bertz CT molecular complexity index is 449. The van der Waals surface area contributed by atoms with E-state index < -0.39 is 5.97 Å². The van der Waals surface area contributed by atoms with E-state index in [1.54, 1.807) is 11.8 Å². The molecule has 0 spiro atoms. The van der Waals surface area contributed by atoms with E-state index in [0.29, 0.717) is 25.4 Å². The second kappa shape index (κ2) is 5.18. The van der Waals surface area contributed by atoms with E-state index in [4.69, 9.17) is 9.63 Å². The number of carbonyl (C=O) groups is 2. The number of aromatic carboxylic acids is 1. The molecule has 1 aromatic heterocycles. The van der Waals surface area contributed by atoms with Gasteiger partial charge in [-0.2, -0.15) is 0 Å². The van der Waals surface area contributed by atoms with Gasteiger partial charge in [-0.15, -0.1) is 0 Å². The van der Waals surface area contributed by atoms with Crippen LogP contribution in [0.2, 0.25) is 0 Å². The van der Waals surface area contributed by atoms with Crippen molar-refractivity contribution >= 4 is 11.9 Å². The van der Waals surface area contributed by atoms with Crippen molar-refractivity contribution in [1.29, 1.82) is 0 Å². The Hall–Kier alpha value is -1.89. The first-order valence-electron chi connectivity index (χ1n) is 5.73. The van der Waals surface area contributed by atoms with Crippen LogP contribution < -0.4 is 0 Å². The Morgan fingerprint density at radius 2 is 2.06 bits per heavy atom. The molecule has 1 fully saturated rings. The number of carboxylic acid groups (broad SMARTS) is 1. The van der Waals surface area contributed by atoms with Gasteiger partial charge in [0.05, 0.1) is 6.54 Å². The third kappa shape index (κ3) is 2.86.